The zero-order valence-electron chi connectivity index (χ0n) is 11.9. The molecule has 0 atom stereocenters. The van der Waals surface area contributed by atoms with Crippen molar-refractivity contribution in [1.29, 1.82) is 0 Å². The lowest BCUT2D eigenvalue weighted by molar-refractivity contribution is -0.117. The summed E-state index contributed by atoms with van der Waals surface area (Å²) >= 11 is 0. The van der Waals surface area contributed by atoms with Gasteiger partial charge < -0.3 is 16.0 Å². The minimum atomic E-state index is -0.324. The van der Waals surface area contributed by atoms with Gasteiger partial charge in [-0.2, -0.15) is 0 Å². The minimum absolute atomic E-state index is 0.233. The monoisotopic (exact) mass is 284 g/mol. The lowest BCUT2D eigenvalue weighted by Gasteiger charge is -2.19. The lowest BCUT2D eigenvalue weighted by Crippen LogP contribution is -2.29. The molecule has 0 aliphatic carbocycles. The number of hydrogen-bond donors (Lipinski definition) is 2. The first kappa shape index (κ1) is 15.0. The van der Waals surface area contributed by atoms with E-state index in [1.165, 1.54) is 5.56 Å². The van der Waals surface area contributed by atoms with Crippen molar-refractivity contribution < 1.29 is 4.79 Å². The van der Waals surface area contributed by atoms with Gasteiger partial charge in [0.05, 0.1) is 6.54 Å². The highest BCUT2D eigenvalue weighted by Crippen LogP contribution is 2.23. The summed E-state index contributed by atoms with van der Waals surface area (Å²) in [4.78, 5) is 16.8. The van der Waals surface area contributed by atoms with Gasteiger partial charge in [0.25, 0.3) is 0 Å². The van der Waals surface area contributed by atoms with Crippen LogP contribution >= 0.6 is 0 Å². The number of hydrogen-bond acceptors (Lipinski definition) is 4. The molecule has 0 spiro atoms. The van der Waals surface area contributed by atoms with Crippen LogP contribution in [0.5, 0.6) is 0 Å². The van der Waals surface area contributed by atoms with Gasteiger partial charge in [-0.15, -0.1) is 0 Å². The fourth-order valence-corrected chi connectivity index (χ4v) is 2.14. The molecule has 0 fully saturated rings. The molecule has 0 aromatic heterocycles. The molecule has 1 heterocycles. The molecule has 5 heteroatoms. The van der Waals surface area contributed by atoms with Gasteiger partial charge in [-0.3, -0.25) is 9.79 Å². The van der Waals surface area contributed by atoms with E-state index in [9.17, 15) is 4.79 Å². The SMILES string of the molecule is NC(=O)CNCCCc1ccccc1N1C=CC=NC=C1. The number of anilines is 1. The molecule has 2 rings (SSSR count). The van der Waals surface area contributed by atoms with Gasteiger partial charge in [0.15, 0.2) is 0 Å². The summed E-state index contributed by atoms with van der Waals surface area (Å²) in [5.74, 6) is -0.324. The first-order valence-electron chi connectivity index (χ1n) is 6.99. The minimum Gasteiger partial charge on any atom is -0.369 e. The van der Waals surface area contributed by atoms with E-state index < -0.39 is 0 Å². The number of rotatable bonds is 7. The van der Waals surface area contributed by atoms with Gasteiger partial charge in [0.2, 0.25) is 5.91 Å². The number of primary amides is 1. The Bertz CT molecular complexity index is 547. The Labute approximate surface area is 124 Å². The maximum Gasteiger partial charge on any atom is 0.231 e. The molecule has 0 bridgehead atoms. The quantitative estimate of drug-likeness (QED) is 0.747. The van der Waals surface area contributed by atoms with E-state index in [0.717, 1.165) is 25.1 Å². The van der Waals surface area contributed by atoms with E-state index in [4.69, 9.17) is 5.73 Å². The molecule has 0 saturated carbocycles. The summed E-state index contributed by atoms with van der Waals surface area (Å²) in [7, 11) is 0. The normalized spacial score (nSPS) is 13.4. The van der Waals surface area contributed by atoms with Crippen LogP contribution in [0.15, 0.2) is 53.9 Å². The van der Waals surface area contributed by atoms with Crippen LogP contribution in [-0.2, 0) is 11.2 Å². The van der Waals surface area contributed by atoms with Crippen molar-refractivity contribution >= 4 is 17.8 Å². The van der Waals surface area contributed by atoms with Gasteiger partial charge >= 0.3 is 0 Å². The second-order valence-corrected chi connectivity index (χ2v) is 4.72. The summed E-state index contributed by atoms with van der Waals surface area (Å²) in [6, 6.07) is 8.28. The third kappa shape index (κ3) is 4.89. The Kier molecular flexibility index (Phi) is 5.72. The molecule has 1 amide bonds. The second-order valence-electron chi connectivity index (χ2n) is 4.72. The molecule has 1 aliphatic rings. The zero-order chi connectivity index (χ0) is 14.9. The van der Waals surface area contributed by atoms with Gasteiger partial charge in [-0.25, -0.2) is 0 Å². The predicted molar refractivity (Wildman–Crippen MR) is 86.1 cm³/mol. The third-order valence-electron chi connectivity index (χ3n) is 3.10. The number of nitrogens with two attached hydrogens (primary N) is 1. The molecule has 110 valence electrons. The molecule has 0 radical (unpaired) electrons. The molecule has 0 unspecified atom stereocenters. The van der Waals surface area contributed by atoms with E-state index >= 15 is 0 Å². The third-order valence-corrected chi connectivity index (χ3v) is 3.10. The van der Waals surface area contributed by atoms with Crippen LogP contribution in [0.4, 0.5) is 5.69 Å². The fraction of sp³-hybridized carbons (Fsp3) is 0.250. The number of allylic oxidation sites excluding steroid dienone is 1. The second kappa shape index (κ2) is 8.01. The molecule has 1 aromatic carbocycles. The van der Waals surface area contributed by atoms with Crippen molar-refractivity contribution in [2.45, 2.75) is 12.8 Å². The molecular weight excluding hydrogens is 264 g/mol. The zero-order valence-corrected chi connectivity index (χ0v) is 11.9. The summed E-state index contributed by atoms with van der Waals surface area (Å²) in [5.41, 5.74) is 7.49. The van der Waals surface area contributed by atoms with Crippen LogP contribution in [0.25, 0.3) is 0 Å². The van der Waals surface area contributed by atoms with Gasteiger partial charge in [-0.1, -0.05) is 18.2 Å². The molecule has 1 aromatic rings. The number of nitrogens with zero attached hydrogens (tertiary/aromatic N) is 2. The highest BCUT2D eigenvalue weighted by atomic mass is 16.1. The van der Waals surface area contributed by atoms with Crippen molar-refractivity contribution in [1.82, 2.24) is 5.32 Å². The first-order chi connectivity index (χ1) is 10.3. The smallest absolute Gasteiger partial charge is 0.231 e. The van der Waals surface area contributed by atoms with Crippen LogP contribution in [0.3, 0.4) is 0 Å². The Morgan fingerprint density at radius 2 is 2.14 bits per heavy atom. The number of nitrogens with one attached hydrogen (secondary N) is 1. The number of aryl methyl sites for hydroxylation is 1. The summed E-state index contributed by atoms with van der Waals surface area (Å²) < 4.78 is 0. The van der Waals surface area contributed by atoms with Crippen LogP contribution < -0.4 is 16.0 Å². The maximum atomic E-state index is 10.7. The fourth-order valence-electron chi connectivity index (χ4n) is 2.14. The van der Waals surface area contributed by atoms with E-state index in [0.29, 0.717) is 0 Å². The van der Waals surface area contributed by atoms with Crippen molar-refractivity contribution in [3.05, 3.63) is 54.5 Å². The van der Waals surface area contributed by atoms with E-state index in [-0.39, 0.29) is 12.5 Å². The van der Waals surface area contributed by atoms with Gasteiger partial charge in [0.1, 0.15) is 0 Å². The van der Waals surface area contributed by atoms with E-state index in [1.54, 1.807) is 12.4 Å². The van der Waals surface area contributed by atoms with E-state index in [1.807, 2.05) is 30.6 Å². The van der Waals surface area contributed by atoms with Crippen molar-refractivity contribution in [2.24, 2.45) is 10.7 Å². The molecule has 0 saturated heterocycles. The number of carbonyl (C=O) groups is 1. The van der Waals surface area contributed by atoms with Crippen molar-refractivity contribution in [2.75, 3.05) is 18.0 Å². The Morgan fingerprint density at radius 3 is 3.00 bits per heavy atom. The average Bonchev–Trinajstić information content (AvgIpc) is 2.76. The number of para-hydroxylation sites is 1. The van der Waals surface area contributed by atoms with Crippen molar-refractivity contribution in [3.8, 4) is 0 Å². The highest BCUT2D eigenvalue weighted by molar-refractivity contribution is 5.76. The highest BCUT2D eigenvalue weighted by Gasteiger charge is 2.06. The number of carbonyl (C=O) groups excluding carboxylic acids is 1. The summed E-state index contributed by atoms with van der Waals surface area (Å²) in [5, 5.41) is 3.03. The van der Waals surface area contributed by atoms with Crippen LogP contribution in [0.2, 0.25) is 0 Å². The molecule has 21 heavy (non-hydrogen) atoms. The lowest BCUT2D eigenvalue weighted by atomic mass is 10.1. The largest absolute Gasteiger partial charge is 0.369 e. The molecular formula is C16H20N4O. The standard InChI is InChI=1S/C16H20N4O/c17-16(21)13-19-8-3-6-14-5-1-2-7-15(14)20-11-4-9-18-10-12-20/h1-2,4-5,7,9-12,19H,3,6,8,13H2,(H2,17,21). The van der Waals surface area contributed by atoms with Crippen molar-refractivity contribution in [3.63, 3.8) is 0 Å². The Morgan fingerprint density at radius 1 is 1.29 bits per heavy atom. The Hall–Kier alpha value is -2.40. The predicted octanol–water partition coefficient (Wildman–Crippen LogP) is 1.57. The van der Waals surface area contributed by atoms with Crippen LogP contribution in [0, 0.1) is 0 Å². The Balaban J connectivity index is 1.95. The first-order valence-corrected chi connectivity index (χ1v) is 6.99. The van der Waals surface area contributed by atoms with Gasteiger partial charge in [-0.05, 0) is 37.1 Å². The van der Waals surface area contributed by atoms with Crippen LogP contribution in [-0.4, -0.2) is 25.2 Å². The maximum absolute atomic E-state index is 10.7. The molecule has 1 aliphatic heterocycles. The summed E-state index contributed by atoms with van der Waals surface area (Å²) in [6.07, 6.45) is 11.2. The molecule has 5 nitrogen and oxygen atoms in total. The summed E-state index contributed by atoms with van der Waals surface area (Å²) in [6.45, 7) is 1.00. The number of aliphatic imine (C=N–C) groups is 1. The molecule has 3 N–H and O–H groups in total. The van der Waals surface area contributed by atoms with Crippen LogP contribution in [0.1, 0.15) is 12.0 Å². The van der Waals surface area contributed by atoms with E-state index in [2.05, 4.69) is 27.3 Å². The number of amides is 1. The topological polar surface area (TPSA) is 70.7 Å². The van der Waals surface area contributed by atoms with Gasteiger partial charge in [0, 0.05) is 30.5 Å². The number of benzene rings is 1. The average molecular weight is 284 g/mol.